The Morgan fingerprint density at radius 2 is 2.11 bits per heavy atom. The fourth-order valence-electron chi connectivity index (χ4n) is 2.38. The second-order valence-electron chi connectivity index (χ2n) is 5.06. The smallest absolute Gasteiger partial charge is 0.233 e. The van der Waals surface area contributed by atoms with Crippen molar-refractivity contribution in [2.75, 3.05) is 10.5 Å². The van der Waals surface area contributed by atoms with Gasteiger partial charge in [0.1, 0.15) is 6.26 Å². The van der Waals surface area contributed by atoms with Crippen LogP contribution in [0.1, 0.15) is 44.1 Å². The normalized spacial score (nSPS) is 17.8. The molecule has 1 heterocycles. The molecule has 102 valence electrons. The predicted molar refractivity (Wildman–Crippen MR) is 69.8 cm³/mol. The van der Waals surface area contributed by atoms with Gasteiger partial charge in [0.05, 0.1) is 5.75 Å². The molecule has 1 N–H and O–H groups in total. The molecule has 1 aliphatic carbocycles. The summed E-state index contributed by atoms with van der Waals surface area (Å²) in [6.07, 6.45) is 8.27. The summed E-state index contributed by atoms with van der Waals surface area (Å²) in [7, 11) is -3.30. The Kier molecular flexibility index (Phi) is 4.27. The number of nitrogens with zero attached hydrogens (tertiary/aromatic N) is 1. The minimum absolute atomic E-state index is 0.171. The zero-order valence-corrected chi connectivity index (χ0v) is 11.5. The van der Waals surface area contributed by atoms with E-state index in [-0.39, 0.29) is 5.75 Å². The molecule has 0 unspecified atom stereocenters. The van der Waals surface area contributed by atoms with Crippen LogP contribution in [-0.4, -0.2) is 19.3 Å². The summed E-state index contributed by atoms with van der Waals surface area (Å²) in [5, 5.41) is 3.63. The molecule has 1 aliphatic rings. The Balaban J connectivity index is 1.85. The number of aromatic nitrogens is 1. The second kappa shape index (κ2) is 5.73. The first-order chi connectivity index (χ1) is 8.57. The third-order valence-electron chi connectivity index (χ3n) is 3.52. The Labute approximate surface area is 108 Å². The Bertz CT molecular complexity index is 475. The van der Waals surface area contributed by atoms with E-state index in [1.807, 2.05) is 0 Å². The van der Waals surface area contributed by atoms with E-state index in [0.29, 0.717) is 17.3 Å². The summed E-state index contributed by atoms with van der Waals surface area (Å²) >= 11 is 0. The molecular formula is C12H20N2O3S. The monoisotopic (exact) mass is 272 g/mol. The summed E-state index contributed by atoms with van der Waals surface area (Å²) in [5.74, 6) is 1.04. The topological polar surface area (TPSA) is 72.2 Å². The number of nitrogens with one attached hydrogen (secondary N) is 1. The maximum atomic E-state index is 11.9. The van der Waals surface area contributed by atoms with Crippen LogP contribution < -0.4 is 4.72 Å². The zero-order chi connectivity index (χ0) is 13.0. The van der Waals surface area contributed by atoms with Crippen molar-refractivity contribution in [2.24, 2.45) is 5.92 Å². The number of hydrogen-bond donors (Lipinski definition) is 1. The van der Waals surface area contributed by atoms with Crippen LogP contribution in [0.4, 0.5) is 5.82 Å². The Morgan fingerprint density at radius 3 is 2.72 bits per heavy atom. The van der Waals surface area contributed by atoms with Crippen molar-refractivity contribution in [1.29, 1.82) is 0 Å². The molecule has 1 aromatic heterocycles. The van der Waals surface area contributed by atoms with Crippen molar-refractivity contribution in [3.8, 4) is 0 Å². The predicted octanol–water partition coefficient (Wildman–Crippen LogP) is 2.70. The molecule has 2 rings (SSSR count). The van der Waals surface area contributed by atoms with Crippen LogP contribution in [0.15, 0.2) is 10.8 Å². The lowest BCUT2D eigenvalue weighted by molar-refractivity contribution is 0.350. The maximum absolute atomic E-state index is 11.9. The fourth-order valence-corrected chi connectivity index (χ4v) is 3.62. The van der Waals surface area contributed by atoms with Gasteiger partial charge < -0.3 is 4.52 Å². The summed E-state index contributed by atoms with van der Waals surface area (Å²) < 4.78 is 31.0. The number of rotatable bonds is 5. The van der Waals surface area contributed by atoms with Crippen molar-refractivity contribution in [1.82, 2.24) is 5.16 Å². The van der Waals surface area contributed by atoms with Gasteiger partial charge >= 0.3 is 0 Å². The molecule has 0 aromatic carbocycles. The van der Waals surface area contributed by atoms with E-state index in [1.165, 1.54) is 38.4 Å². The minimum atomic E-state index is -3.30. The quantitative estimate of drug-likeness (QED) is 0.894. The van der Waals surface area contributed by atoms with Crippen molar-refractivity contribution in [3.05, 3.63) is 11.8 Å². The lowest BCUT2D eigenvalue weighted by Gasteiger charge is -2.21. The summed E-state index contributed by atoms with van der Waals surface area (Å²) in [6.45, 7) is 1.76. The highest BCUT2D eigenvalue weighted by atomic mass is 32.2. The molecule has 18 heavy (non-hydrogen) atoms. The van der Waals surface area contributed by atoms with Crippen LogP contribution in [0.2, 0.25) is 0 Å². The van der Waals surface area contributed by atoms with E-state index in [0.717, 1.165) is 6.42 Å². The van der Waals surface area contributed by atoms with Crippen molar-refractivity contribution < 1.29 is 12.9 Å². The van der Waals surface area contributed by atoms with E-state index >= 15 is 0 Å². The standard InChI is InChI=1S/C12H20N2O3S/c1-10-9-17-13-12(10)14-18(15,16)8-7-11-5-3-2-4-6-11/h9,11H,2-8H2,1H3,(H,13,14). The molecule has 5 nitrogen and oxygen atoms in total. The average Bonchev–Trinajstić information content (AvgIpc) is 2.73. The van der Waals surface area contributed by atoms with Crippen LogP contribution >= 0.6 is 0 Å². The average molecular weight is 272 g/mol. The molecule has 0 radical (unpaired) electrons. The third-order valence-corrected chi connectivity index (χ3v) is 4.80. The number of sulfonamides is 1. The molecule has 0 bridgehead atoms. The highest BCUT2D eigenvalue weighted by Crippen LogP contribution is 2.26. The van der Waals surface area contributed by atoms with Crippen LogP contribution in [0.3, 0.4) is 0 Å². The largest absolute Gasteiger partial charge is 0.362 e. The second-order valence-corrected chi connectivity index (χ2v) is 6.90. The summed E-state index contributed by atoms with van der Waals surface area (Å²) in [6, 6.07) is 0. The lowest BCUT2D eigenvalue weighted by atomic mass is 9.88. The number of hydrogen-bond acceptors (Lipinski definition) is 4. The molecule has 0 spiro atoms. The Morgan fingerprint density at radius 1 is 1.39 bits per heavy atom. The van der Waals surface area contributed by atoms with Gasteiger partial charge in [-0.2, -0.15) is 0 Å². The van der Waals surface area contributed by atoms with E-state index in [9.17, 15) is 8.42 Å². The summed E-state index contributed by atoms with van der Waals surface area (Å²) in [5.41, 5.74) is 0.705. The van der Waals surface area contributed by atoms with E-state index in [2.05, 4.69) is 9.88 Å². The van der Waals surface area contributed by atoms with Gasteiger partial charge in [0.25, 0.3) is 0 Å². The first kappa shape index (κ1) is 13.4. The molecule has 6 heteroatoms. The van der Waals surface area contributed by atoms with E-state index in [1.54, 1.807) is 6.92 Å². The van der Waals surface area contributed by atoms with Crippen LogP contribution in [0.5, 0.6) is 0 Å². The minimum Gasteiger partial charge on any atom is -0.362 e. The maximum Gasteiger partial charge on any atom is 0.233 e. The SMILES string of the molecule is Cc1conc1NS(=O)(=O)CCC1CCCCC1. The van der Waals surface area contributed by atoms with Gasteiger partial charge in [0, 0.05) is 5.56 Å². The van der Waals surface area contributed by atoms with Gasteiger partial charge in [0.2, 0.25) is 10.0 Å². The van der Waals surface area contributed by atoms with Crippen LogP contribution in [0, 0.1) is 12.8 Å². The van der Waals surface area contributed by atoms with E-state index in [4.69, 9.17) is 4.52 Å². The van der Waals surface area contributed by atoms with Crippen LogP contribution in [0.25, 0.3) is 0 Å². The first-order valence-corrected chi connectivity index (χ1v) is 8.13. The van der Waals surface area contributed by atoms with Crippen molar-refractivity contribution in [3.63, 3.8) is 0 Å². The highest BCUT2D eigenvalue weighted by molar-refractivity contribution is 7.92. The molecular weight excluding hydrogens is 252 g/mol. The highest BCUT2D eigenvalue weighted by Gasteiger charge is 2.19. The van der Waals surface area contributed by atoms with Gasteiger partial charge in [-0.15, -0.1) is 0 Å². The zero-order valence-electron chi connectivity index (χ0n) is 10.7. The molecule has 0 atom stereocenters. The van der Waals surface area contributed by atoms with Gasteiger partial charge in [-0.25, -0.2) is 8.42 Å². The molecule has 1 fully saturated rings. The third kappa shape index (κ3) is 3.73. The summed E-state index contributed by atoms with van der Waals surface area (Å²) in [4.78, 5) is 0. The fraction of sp³-hybridized carbons (Fsp3) is 0.750. The molecule has 1 aromatic rings. The first-order valence-electron chi connectivity index (χ1n) is 6.48. The number of aryl methyl sites for hydroxylation is 1. The van der Waals surface area contributed by atoms with Gasteiger partial charge in [-0.1, -0.05) is 37.3 Å². The Hall–Kier alpha value is -1.04. The lowest BCUT2D eigenvalue weighted by Crippen LogP contribution is -2.20. The van der Waals surface area contributed by atoms with Gasteiger partial charge in [-0.05, 0) is 19.3 Å². The van der Waals surface area contributed by atoms with Crippen molar-refractivity contribution in [2.45, 2.75) is 45.4 Å². The van der Waals surface area contributed by atoms with Gasteiger partial charge in [0.15, 0.2) is 5.82 Å². The van der Waals surface area contributed by atoms with Crippen LogP contribution in [-0.2, 0) is 10.0 Å². The molecule has 0 amide bonds. The van der Waals surface area contributed by atoms with E-state index < -0.39 is 10.0 Å². The molecule has 0 saturated heterocycles. The van der Waals surface area contributed by atoms with Gasteiger partial charge in [-0.3, -0.25) is 4.72 Å². The molecule has 1 saturated carbocycles. The van der Waals surface area contributed by atoms with Crippen molar-refractivity contribution >= 4 is 15.8 Å². The number of anilines is 1. The molecule has 0 aliphatic heterocycles.